The first-order valence-electron chi connectivity index (χ1n) is 5.41. The largest absolute Gasteiger partial charge is 0.366 e. The second-order valence-electron chi connectivity index (χ2n) is 3.92. The van der Waals surface area contributed by atoms with Crippen molar-refractivity contribution >= 4 is 24.2 Å². The molecule has 2 amide bonds. The zero-order valence-corrected chi connectivity index (χ0v) is 11.0. The van der Waals surface area contributed by atoms with Crippen LogP contribution in [0.3, 0.4) is 0 Å². The van der Waals surface area contributed by atoms with Crippen molar-refractivity contribution < 1.29 is 9.59 Å². The fraction of sp³-hybridized carbons (Fsp3) is 0.333. The Morgan fingerprint density at radius 3 is 2.61 bits per heavy atom. The van der Waals surface area contributed by atoms with Crippen molar-refractivity contribution in [2.75, 3.05) is 6.54 Å². The fourth-order valence-electron chi connectivity index (χ4n) is 1.31. The summed E-state index contributed by atoms with van der Waals surface area (Å²) in [5.74, 6) is -0.792. The molecule has 1 aromatic rings. The number of primary amides is 1. The van der Waals surface area contributed by atoms with Gasteiger partial charge in [0.15, 0.2) is 0 Å². The van der Waals surface area contributed by atoms with Gasteiger partial charge in [-0.05, 0) is 17.7 Å². The van der Waals surface area contributed by atoms with Gasteiger partial charge in [-0.2, -0.15) is 0 Å². The monoisotopic (exact) mass is 271 g/mol. The molecule has 0 saturated carbocycles. The molecule has 1 rings (SSSR count). The SMILES string of the molecule is CC(CN)C(=O)NCc1cccc(C(N)=O)c1.Cl. The smallest absolute Gasteiger partial charge is 0.248 e. The Morgan fingerprint density at radius 1 is 1.39 bits per heavy atom. The minimum absolute atomic E-state index is 0. The molecule has 5 N–H and O–H groups in total. The van der Waals surface area contributed by atoms with Crippen LogP contribution < -0.4 is 16.8 Å². The van der Waals surface area contributed by atoms with Crippen LogP contribution in [0.5, 0.6) is 0 Å². The highest BCUT2D eigenvalue weighted by atomic mass is 35.5. The van der Waals surface area contributed by atoms with Crippen LogP contribution in [0, 0.1) is 5.92 Å². The molecule has 0 aliphatic carbocycles. The van der Waals surface area contributed by atoms with Gasteiger partial charge in [0.1, 0.15) is 0 Å². The fourth-order valence-corrected chi connectivity index (χ4v) is 1.31. The van der Waals surface area contributed by atoms with Crippen molar-refractivity contribution in [1.29, 1.82) is 0 Å². The molecule has 0 aliphatic rings. The van der Waals surface area contributed by atoms with E-state index in [9.17, 15) is 9.59 Å². The second kappa shape index (κ2) is 7.68. The highest BCUT2D eigenvalue weighted by Gasteiger charge is 2.10. The van der Waals surface area contributed by atoms with Gasteiger partial charge in [0.05, 0.1) is 0 Å². The quantitative estimate of drug-likeness (QED) is 0.724. The minimum atomic E-state index is -0.478. The summed E-state index contributed by atoms with van der Waals surface area (Å²) in [6.45, 7) is 2.44. The van der Waals surface area contributed by atoms with Crippen LogP contribution >= 0.6 is 12.4 Å². The highest BCUT2D eigenvalue weighted by molar-refractivity contribution is 5.92. The van der Waals surface area contributed by atoms with Crippen molar-refractivity contribution in [2.45, 2.75) is 13.5 Å². The van der Waals surface area contributed by atoms with E-state index in [1.165, 1.54) is 0 Å². The molecule has 0 fully saturated rings. The highest BCUT2D eigenvalue weighted by Crippen LogP contribution is 2.04. The number of hydrogen-bond donors (Lipinski definition) is 3. The van der Waals surface area contributed by atoms with Gasteiger partial charge in [0.2, 0.25) is 11.8 Å². The van der Waals surface area contributed by atoms with E-state index in [4.69, 9.17) is 11.5 Å². The normalized spacial score (nSPS) is 11.2. The number of carbonyl (C=O) groups excluding carboxylic acids is 2. The van der Waals surface area contributed by atoms with E-state index >= 15 is 0 Å². The number of carbonyl (C=O) groups is 2. The lowest BCUT2D eigenvalue weighted by Gasteiger charge is -2.10. The molecular formula is C12H18ClN3O2. The van der Waals surface area contributed by atoms with Crippen LogP contribution in [0.25, 0.3) is 0 Å². The van der Waals surface area contributed by atoms with Crippen LogP contribution in [-0.2, 0) is 11.3 Å². The molecule has 0 aliphatic heterocycles. The van der Waals surface area contributed by atoms with Gasteiger partial charge >= 0.3 is 0 Å². The van der Waals surface area contributed by atoms with E-state index in [0.29, 0.717) is 18.7 Å². The van der Waals surface area contributed by atoms with Gasteiger partial charge in [0.25, 0.3) is 0 Å². The third-order valence-corrected chi connectivity index (χ3v) is 2.48. The topological polar surface area (TPSA) is 98.2 Å². The number of benzene rings is 1. The van der Waals surface area contributed by atoms with Gasteiger partial charge in [-0.25, -0.2) is 0 Å². The first-order valence-corrected chi connectivity index (χ1v) is 5.41. The number of hydrogen-bond acceptors (Lipinski definition) is 3. The average molecular weight is 272 g/mol. The summed E-state index contributed by atoms with van der Waals surface area (Å²) in [5, 5.41) is 2.74. The Kier molecular flexibility index (Phi) is 7.00. The lowest BCUT2D eigenvalue weighted by Crippen LogP contribution is -2.32. The summed E-state index contributed by atoms with van der Waals surface area (Å²) in [5.41, 5.74) is 11.8. The molecule has 0 aromatic heterocycles. The van der Waals surface area contributed by atoms with Crippen LogP contribution in [-0.4, -0.2) is 18.4 Å². The maximum atomic E-state index is 11.5. The predicted molar refractivity (Wildman–Crippen MR) is 72.3 cm³/mol. The maximum Gasteiger partial charge on any atom is 0.248 e. The average Bonchev–Trinajstić information content (AvgIpc) is 2.35. The van der Waals surface area contributed by atoms with Gasteiger partial charge in [-0.1, -0.05) is 19.1 Å². The number of nitrogens with two attached hydrogens (primary N) is 2. The van der Waals surface area contributed by atoms with E-state index in [2.05, 4.69) is 5.32 Å². The Labute approximate surface area is 112 Å². The predicted octanol–water partition coefficient (Wildman–Crippen LogP) is 0.418. The number of rotatable bonds is 5. The van der Waals surface area contributed by atoms with E-state index in [1.54, 1.807) is 25.1 Å². The standard InChI is InChI=1S/C12H17N3O2.ClH/c1-8(6-13)12(17)15-7-9-3-2-4-10(5-9)11(14)16;/h2-5,8H,6-7,13H2,1H3,(H2,14,16)(H,15,17);1H. The molecule has 0 bridgehead atoms. The molecule has 0 spiro atoms. The maximum absolute atomic E-state index is 11.5. The lowest BCUT2D eigenvalue weighted by atomic mass is 10.1. The summed E-state index contributed by atoms with van der Waals surface area (Å²) >= 11 is 0. The molecule has 1 aromatic carbocycles. The molecule has 5 nitrogen and oxygen atoms in total. The Hall–Kier alpha value is -1.59. The summed E-state index contributed by atoms with van der Waals surface area (Å²) in [6, 6.07) is 6.85. The van der Waals surface area contributed by atoms with Crippen molar-refractivity contribution in [1.82, 2.24) is 5.32 Å². The summed E-state index contributed by atoms with van der Waals surface area (Å²) in [4.78, 5) is 22.4. The molecule has 0 heterocycles. The third-order valence-electron chi connectivity index (χ3n) is 2.48. The molecule has 1 atom stereocenters. The van der Waals surface area contributed by atoms with Crippen LogP contribution in [0.4, 0.5) is 0 Å². The molecule has 100 valence electrons. The van der Waals surface area contributed by atoms with Gasteiger partial charge in [-0.15, -0.1) is 12.4 Å². The first-order chi connectivity index (χ1) is 8.04. The Bertz CT molecular complexity index is 424. The second-order valence-corrected chi connectivity index (χ2v) is 3.92. The van der Waals surface area contributed by atoms with Crippen LogP contribution in [0.15, 0.2) is 24.3 Å². The Morgan fingerprint density at radius 2 is 2.06 bits per heavy atom. The molecule has 6 heteroatoms. The lowest BCUT2D eigenvalue weighted by molar-refractivity contribution is -0.124. The Balaban J connectivity index is 0.00000289. The van der Waals surface area contributed by atoms with Crippen molar-refractivity contribution in [2.24, 2.45) is 17.4 Å². The first kappa shape index (κ1) is 16.4. The van der Waals surface area contributed by atoms with Gasteiger partial charge < -0.3 is 16.8 Å². The van der Waals surface area contributed by atoms with E-state index in [-0.39, 0.29) is 24.2 Å². The van der Waals surface area contributed by atoms with Gasteiger partial charge in [0, 0.05) is 24.6 Å². The van der Waals surface area contributed by atoms with Gasteiger partial charge in [-0.3, -0.25) is 9.59 Å². The molecular weight excluding hydrogens is 254 g/mol. The zero-order chi connectivity index (χ0) is 12.8. The molecule has 0 saturated heterocycles. The number of halogens is 1. The summed E-state index contributed by atoms with van der Waals surface area (Å²) in [7, 11) is 0. The summed E-state index contributed by atoms with van der Waals surface area (Å²) < 4.78 is 0. The van der Waals surface area contributed by atoms with Crippen LogP contribution in [0.2, 0.25) is 0 Å². The molecule has 18 heavy (non-hydrogen) atoms. The van der Waals surface area contributed by atoms with Crippen molar-refractivity contribution in [3.63, 3.8) is 0 Å². The van der Waals surface area contributed by atoms with Crippen molar-refractivity contribution in [3.05, 3.63) is 35.4 Å². The summed E-state index contributed by atoms with van der Waals surface area (Å²) in [6.07, 6.45) is 0. The van der Waals surface area contributed by atoms with Crippen LogP contribution in [0.1, 0.15) is 22.8 Å². The van der Waals surface area contributed by atoms with E-state index < -0.39 is 5.91 Å². The van der Waals surface area contributed by atoms with E-state index in [1.807, 2.05) is 6.07 Å². The van der Waals surface area contributed by atoms with E-state index in [0.717, 1.165) is 5.56 Å². The number of nitrogens with one attached hydrogen (secondary N) is 1. The molecule has 0 radical (unpaired) electrons. The third kappa shape index (κ3) is 4.73. The molecule has 1 unspecified atom stereocenters. The number of amides is 2. The zero-order valence-electron chi connectivity index (χ0n) is 10.2. The van der Waals surface area contributed by atoms with Crippen molar-refractivity contribution in [3.8, 4) is 0 Å². The minimum Gasteiger partial charge on any atom is -0.366 e.